The van der Waals surface area contributed by atoms with E-state index in [0.717, 1.165) is 19.3 Å². The van der Waals surface area contributed by atoms with Crippen LogP contribution in [0.5, 0.6) is 0 Å². The molecule has 120 valence electrons. The van der Waals surface area contributed by atoms with Crippen LogP contribution >= 0.6 is 11.6 Å². The zero-order valence-corrected chi connectivity index (χ0v) is 13.9. The van der Waals surface area contributed by atoms with Gasteiger partial charge in [0.1, 0.15) is 0 Å². The molecule has 0 aromatic heterocycles. The van der Waals surface area contributed by atoms with Gasteiger partial charge in [-0.1, -0.05) is 61.7 Å². The zero-order chi connectivity index (χ0) is 16.7. The average Bonchev–Trinajstić information content (AvgIpc) is 2.57. The Morgan fingerprint density at radius 2 is 1.78 bits per heavy atom. The number of anilines is 1. The quantitative estimate of drug-likeness (QED) is 0.568. The summed E-state index contributed by atoms with van der Waals surface area (Å²) in [6.45, 7) is 2.09. The molecule has 0 aliphatic heterocycles. The molecular weight excluding hydrogens is 310 g/mol. The highest BCUT2D eigenvalue weighted by atomic mass is 35.5. The van der Waals surface area contributed by atoms with E-state index in [1.54, 1.807) is 42.5 Å². The van der Waals surface area contributed by atoms with E-state index in [4.69, 9.17) is 11.6 Å². The number of carbonyl (C=O) groups is 2. The maximum absolute atomic E-state index is 12.7. The fourth-order valence-electron chi connectivity index (χ4n) is 2.31. The molecule has 0 unspecified atom stereocenters. The summed E-state index contributed by atoms with van der Waals surface area (Å²) >= 11 is 6.02. The fraction of sp³-hybridized carbons (Fsp3) is 0.263. The van der Waals surface area contributed by atoms with Crippen LogP contribution in [0.4, 0.5) is 5.69 Å². The van der Waals surface area contributed by atoms with Gasteiger partial charge in [0.25, 0.3) is 0 Å². The molecule has 2 aromatic rings. The van der Waals surface area contributed by atoms with Crippen LogP contribution in [0.1, 0.15) is 48.5 Å². The molecule has 0 radical (unpaired) electrons. The molecule has 1 N–H and O–H groups in total. The Labute approximate surface area is 141 Å². The van der Waals surface area contributed by atoms with Crippen molar-refractivity contribution in [2.24, 2.45) is 0 Å². The van der Waals surface area contributed by atoms with Crippen LogP contribution in [0.25, 0.3) is 0 Å². The number of hydrogen-bond acceptors (Lipinski definition) is 2. The highest BCUT2D eigenvalue weighted by molar-refractivity contribution is 6.31. The molecule has 0 aliphatic carbocycles. The molecular formula is C19H20ClNO2. The van der Waals surface area contributed by atoms with E-state index in [2.05, 4.69) is 12.2 Å². The van der Waals surface area contributed by atoms with Gasteiger partial charge in [-0.2, -0.15) is 0 Å². The van der Waals surface area contributed by atoms with Crippen molar-refractivity contribution >= 4 is 29.0 Å². The molecule has 0 saturated heterocycles. The summed E-state index contributed by atoms with van der Waals surface area (Å²) in [5.41, 5.74) is 1.48. The number of nitrogens with one attached hydrogen (secondary N) is 1. The zero-order valence-electron chi connectivity index (χ0n) is 13.1. The van der Waals surface area contributed by atoms with Gasteiger partial charge >= 0.3 is 0 Å². The first kappa shape index (κ1) is 17.2. The fourth-order valence-corrected chi connectivity index (χ4v) is 2.48. The van der Waals surface area contributed by atoms with Gasteiger partial charge in [-0.3, -0.25) is 9.59 Å². The Hall–Kier alpha value is -2.13. The van der Waals surface area contributed by atoms with Crippen molar-refractivity contribution < 1.29 is 9.59 Å². The van der Waals surface area contributed by atoms with Gasteiger partial charge < -0.3 is 5.32 Å². The number of unbranched alkanes of at least 4 members (excludes halogenated alkanes) is 2. The lowest BCUT2D eigenvalue weighted by Gasteiger charge is -2.11. The van der Waals surface area contributed by atoms with Crippen LogP contribution in [-0.4, -0.2) is 11.7 Å². The number of carbonyl (C=O) groups excluding carboxylic acids is 2. The predicted molar refractivity (Wildman–Crippen MR) is 94.1 cm³/mol. The van der Waals surface area contributed by atoms with Crippen molar-refractivity contribution in [2.75, 3.05) is 5.32 Å². The topological polar surface area (TPSA) is 46.2 Å². The molecule has 0 bridgehead atoms. The normalized spacial score (nSPS) is 10.3. The summed E-state index contributed by atoms with van der Waals surface area (Å²) in [5, 5.41) is 3.29. The van der Waals surface area contributed by atoms with E-state index >= 15 is 0 Å². The summed E-state index contributed by atoms with van der Waals surface area (Å²) < 4.78 is 0. The molecule has 2 aromatic carbocycles. The number of halogens is 1. The third-order valence-corrected chi connectivity index (χ3v) is 3.78. The second-order valence-electron chi connectivity index (χ2n) is 5.39. The van der Waals surface area contributed by atoms with Gasteiger partial charge in [0.15, 0.2) is 5.78 Å². The third kappa shape index (κ3) is 4.93. The lowest BCUT2D eigenvalue weighted by atomic mass is 10.0. The first-order valence-corrected chi connectivity index (χ1v) is 8.18. The molecule has 0 heterocycles. The molecule has 1 amide bonds. The Morgan fingerprint density at radius 3 is 2.48 bits per heavy atom. The Morgan fingerprint density at radius 1 is 1.04 bits per heavy atom. The highest BCUT2D eigenvalue weighted by Gasteiger charge is 2.15. The van der Waals surface area contributed by atoms with E-state index in [-0.39, 0.29) is 11.7 Å². The summed E-state index contributed by atoms with van der Waals surface area (Å²) in [5.74, 6) is -0.236. The summed E-state index contributed by atoms with van der Waals surface area (Å²) in [6, 6.07) is 13.9. The number of rotatable bonds is 7. The average molecular weight is 330 g/mol. The van der Waals surface area contributed by atoms with Crippen LogP contribution in [0.2, 0.25) is 5.02 Å². The molecule has 0 spiro atoms. The third-order valence-electron chi connectivity index (χ3n) is 3.54. The van der Waals surface area contributed by atoms with Gasteiger partial charge in [0.2, 0.25) is 5.91 Å². The Balaban J connectivity index is 2.21. The predicted octanol–water partition coefficient (Wildman–Crippen LogP) is 5.09. The monoisotopic (exact) mass is 329 g/mol. The molecule has 0 atom stereocenters. The van der Waals surface area contributed by atoms with Crippen molar-refractivity contribution in [3.8, 4) is 0 Å². The van der Waals surface area contributed by atoms with E-state index in [0.29, 0.717) is 28.3 Å². The second kappa shape index (κ2) is 8.49. The molecule has 2 rings (SSSR count). The number of hydrogen-bond donors (Lipinski definition) is 1. The molecule has 4 heteroatoms. The minimum absolute atomic E-state index is 0.0807. The maximum Gasteiger partial charge on any atom is 0.224 e. The lowest BCUT2D eigenvalue weighted by molar-refractivity contribution is -0.116. The Kier molecular flexibility index (Phi) is 6.36. The van der Waals surface area contributed by atoms with Crippen LogP contribution in [0, 0.1) is 0 Å². The second-order valence-corrected chi connectivity index (χ2v) is 5.83. The van der Waals surface area contributed by atoms with Crippen LogP contribution in [-0.2, 0) is 4.79 Å². The van der Waals surface area contributed by atoms with Gasteiger partial charge in [-0.25, -0.2) is 0 Å². The summed E-state index contributed by atoms with van der Waals surface area (Å²) in [4.78, 5) is 24.7. The maximum atomic E-state index is 12.7. The first-order chi connectivity index (χ1) is 11.1. The largest absolute Gasteiger partial charge is 0.325 e. The van der Waals surface area contributed by atoms with Crippen LogP contribution in [0.3, 0.4) is 0 Å². The number of ketones is 1. The van der Waals surface area contributed by atoms with E-state index in [1.165, 1.54) is 0 Å². The SMILES string of the molecule is CCCCCC(=O)Nc1ccc(Cl)cc1C(=O)c1ccccc1. The molecule has 0 saturated carbocycles. The molecule has 0 fully saturated rings. The van der Waals surface area contributed by atoms with Gasteiger partial charge in [-0.15, -0.1) is 0 Å². The number of amides is 1. The lowest BCUT2D eigenvalue weighted by Crippen LogP contribution is -2.14. The van der Waals surface area contributed by atoms with E-state index < -0.39 is 0 Å². The Bertz CT molecular complexity index is 683. The number of benzene rings is 2. The minimum Gasteiger partial charge on any atom is -0.325 e. The minimum atomic E-state index is -0.156. The molecule has 23 heavy (non-hydrogen) atoms. The molecule has 0 aliphatic rings. The van der Waals surface area contributed by atoms with E-state index in [9.17, 15) is 9.59 Å². The van der Waals surface area contributed by atoms with Gasteiger partial charge in [-0.05, 0) is 24.6 Å². The van der Waals surface area contributed by atoms with Gasteiger partial charge in [0.05, 0.1) is 5.69 Å². The summed E-state index contributed by atoms with van der Waals surface area (Å²) in [7, 11) is 0. The van der Waals surface area contributed by atoms with Crippen molar-refractivity contribution in [3.05, 3.63) is 64.7 Å². The summed E-state index contributed by atoms with van der Waals surface area (Å²) in [6.07, 6.45) is 3.38. The van der Waals surface area contributed by atoms with Crippen molar-refractivity contribution in [1.82, 2.24) is 0 Å². The highest BCUT2D eigenvalue weighted by Crippen LogP contribution is 2.24. The van der Waals surface area contributed by atoms with Crippen molar-refractivity contribution in [2.45, 2.75) is 32.6 Å². The van der Waals surface area contributed by atoms with Crippen molar-refractivity contribution in [1.29, 1.82) is 0 Å². The standard InChI is InChI=1S/C19H20ClNO2/c1-2-3-5-10-18(22)21-17-12-11-15(20)13-16(17)19(23)14-8-6-4-7-9-14/h4,6-9,11-13H,2-3,5,10H2,1H3,(H,21,22). The van der Waals surface area contributed by atoms with Gasteiger partial charge in [0, 0.05) is 22.6 Å². The van der Waals surface area contributed by atoms with Crippen LogP contribution < -0.4 is 5.32 Å². The molecule has 3 nitrogen and oxygen atoms in total. The van der Waals surface area contributed by atoms with Crippen LogP contribution in [0.15, 0.2) is 48.5 Å². The van der Waals surface area contributed by atoms with Crippen molar-refractivity contribution in [3.63, 3.8) is 0 Å². The van der Waals surface area contributed by atoms with E-state index in [1.807, 2.05) is 6.07 Å². The first-order valence-electron chi connectivity index (χ1n) is 7.81. The smallest absolute Gasteiger partial charge is 0.224 e.